The molecular formula is C20H23FO2. The van der Waals surface area contributed by atoms with E-state index in [4.69, 9.17) is 9.47 Å². The van der Waals surface area contributed by atoms with Crippen LogP contribution in [0.2, 0.25) is 0 Å². The fourth-order valence-electron chi connectivity index (χ4n) is 3.15. The second-order valence-electron chi connectivity index (χ2n) is 7.21. The van der Waals surface area contributed by atoms with Crippen molar-refractivity contribution in [2.24, 2.45) is 0 Å². The molecule has 0 bridgehead atoms. The van der Waals surface area contributed by atoms with Crippen molar-refractivity contribution in [2.75, 3.05) is 7.11 Å². The zero-order chi connectivity index (χ0) is 16.8. The fraction of sp³-hybridized carbons (Fsp3) is 0.400. The third-order valence-corrected chi connectivity index (χ3v) is 4.45. The lowest BCUT2D eigenvalue weighted by molar-refractivity contribution is 0.134. The Morgan fingerprint density at radius 3 is 2.26 bits per heavy atom. The maximum atomic E-state index is 14.4. The first-order chi connectivity index (χ1) is 10.8. The quantitative estimate of drug-likeness (QED) is 0.764. The first-order valence-electron chi connectivity index (χ1n) is 7.90. The van der Waals surface area contributed by atoms with Crippen LogP contribution in [0.3, 0.4) is 0 Å². The molecule has 1 aliphatic rings. The number of halogens is 1. The van der Waals surface area contributed by atoms with E-state index in [9.17, 15) is 4.39 Å². The van der Waals surface area contributed by atoms with Crippen LogP contribution in [0.1, 0.15) is 43.0 Å². The first kappa shape index (κ1) is 16.0. The summed E-state index contributed by atoms with van der Waals surface area (Å²) in [4.78, 5) is 0. The Kier molecular flexibility index (Phi) is 3.93. The zero-order valence-electron chi connectivity index (χ0n) is 14.4. The Hall–Kier alpha value is -1.87. The van der Waals surface area contributed by atoms with Gasteiger partial charge in [0.25, 0.3) is 0 Å². The molecule has 2 aromatic carbocycles. The lowest BCUT2D eigenvalue weighted by Crippen LogP contribution is -2.14. The number of hydrogen-bond acceptors (Lipinski definition) is 2. The Labute approximate surface area is 137 Å². The molecule has 0 N–H and O–H groups in total. The summed E-state index contributed by atoms with van der Waals surface area (Å²) in [7, 11) is 1.58. The van der Waals surface area contributed by atoms with Gasteiger partial charge in [-0.25, -0.2) is 4.39 Å². The molecule has 0 aromatic heterocycles. The van der Waals surface area contributed by atoms with E-state index >= 15 is 0 Å². The van der Waals surface area contributed by atoms with Crippen molar-refractivity contribution in [1.82, 2.24) is 0 Å². The van der Waals surface area contributed by atoms with Gasteiger partial charge in [0.1, 0.15) is 11.6 Å². The van der Waals surface area contributed by atoms with Crippen molar-refractivity contribution in [1.29, 1.82) is 0 Å². The maximum absolute atomic E-state index is 14.4. The molecule has 1 aliphatic heterocycles. The lowest BCUT2D eigenvalue weighted by atomic mass is 9.84. The Balaban J connectivity index is 2.23. The topological polar surface area (TPSA) is 18.5 Å². The zero-order valence-corrected chi connectivity index (χ0v) is 14.4. The van der Waals surface area contributed by atoms with Gasteiger partial charge in [0.05, 0.1) is 20.3 Å². The van der Waals surface area contributed by atoms with Gasteiger partial charge < -0.3 is 9.47 Å². The molecule has 0 radical (unpaired) electrons. The number of rotatable bonds is 2. The lowest BCUT2D eigenvalue weighted by Gasteiger charge is -2.23. The molecule has 0 saturated carbocycles. The van der Waals surface area contributed by atoms with Crippen LogP contribution in [0.15, 0.2) is 24.3 Å². The van der Waals surface area contributed by atoms with Crippen LogP contribution in [-0.4, -0.2) is 7.11 Å². The molecule has 2 nitrogen and oxygen atoms in total. The maximum Gasteiger partial charge on any atom is 0.130 e. The van der Waals surface area contributed by atoms with Crippen LogP contribution in [-0.2, 0) is 23.4 Å². The molecule has 23 heavy (non-hydrogen) atoms. The van der Waals surface area contributed by atoms with Gasteiger partial charge in [-0.3, -0.25) is 0 Å². The van der Waals surface area contributed by atoms with Crippen molar-refractivity contribution >= 4 is 0 Å². The van der Waals surface area contributed by atoms with Gasteiger partial charge in [-0.1, -0.05) is 26.8 Å². The van der Waals surface area contributed by atoms with Gasteiger partial charge >= 0.3 is 0 Å². The first-order valence-corrected chi connectivity index (χ1v) is 7.90. The number of fused-ring (bicyclic) bond motifs is 1. The molecular weight excluding hydrogens is 291 g/mol. The summed E-state index contributed by atoms with van der Waals surface area (Å²) in [6.07, 6.45) is 0. The third-order valence-electron chi connectivity index (χ3n) is 4.45. The number of ether oxygens (including phenoxy) is 2. The SMILES string of the molecule is COc1cc(F)c(C(C)(C)C)cc1-c1cc2c(cc1C)COC2. The molecule has 2 aromatic rings. The Morgan fingerprint density at radius 1 is 1.00 bits per heavy atom. The second-order valence-corrected chi connectivity index (χ2v) is 7.21. The van der Waals surface area contributed by atoms with Crippen LogP contribution in [0.4, 0.5) is 4.39 Å². The van der Waals surface area contributed by atoms with Crippen LogP contribution in [0.5, 0.6) is 5.75 Å². The predicted octanol–water partition coefficient (Wildman–Crippen LogP) is 5.14. The monoisotopic (exact) mass is 314 g/mol. The van der Waals surface area contributed by atoms with Crippen molar-refractivity contribution in [3.8, 4) is 16.9 Å². The van der Waals surface area contributed by atoms with E-state index in [2.05, 4.69) is 19.1 Å². The van der Waals surface area contributed by atoms with Gasteiger partial charge in [-0.05, 0) is 52.3 Å². The molecule has 0 atom stereocenters. The molecule has 3 heteroatoms. The van der Waals surface area contributed by atoms with Crippen molar-refractivity contribution < 1.29 is 13.9 Å². The van der Waals surface area contributed by atoms with Crippen LogP contribution >= 0.6 is 0 Å². The van der Waals surface area contributed by atoms with Gasteiger partial charge in [0.15, 0.2) is 0 Å². The predicted molar refractivity (Wildman–Crippen MR) is 90.3 cm³/mol. The summed E-state index contributed by atoms with van der Waals surface area (Å²) in [5.41, 5.74) is 6.04. The summed E-state index contributed by atoms with van der Waals surface area (Å²) >= 11 is 0. The largest absolute Gasteiger partial charge is 0.496 e. The molecule has 3 rings (SSSR count). The van der Waals surface area contributed by atoms with Gasteiger partial charge in [-0.2, -0.15) is 0 Å². The van der Waals surface area contributed by atoms with E-state index in [1.165, 1.54) is 17.2 Å². The summed E-state index contributed by atoms with van der Waals surface area (Å²) in [5.74, 6) is 0.345. The highest BCUT2D eigenvalue weighted by molar-refractivity contribution is 5.75. The standard InChI is InChI=1S/C20H23FO2/c1-12-6-13-10-23-11-14(13)7-15(12)16-8-17(20(2,3)4)18(21)9-19(16)22-5/h6-9H,10-11H2,1-5H3. The molecule has 0 spiro atoms. The van der Waals surface area contributed by atoms with Gasteiger partial charge in [0, 0.05) is 11.6 Å². The van der Waals surface area contributed by atoms with E-state index in [1.54, 1.807) is 7.11 Å². The van der Waals surface area contributed by atoms with E-state index in [0.717, 1.165) is 16.7 Å². The Bertz CT molecular complexity index is 757. The molecule has 0 fully saturated rings. The molecule has 0 unspecified atom stereocenters. The van der Waals surface area contributed by atoms with Crippen molar-refractivity contribution in [3.63, 3.8) is 0 Å². The van der Waals surface area contributed by atoms with E-state index in [1.807, 2.05) is 26.8 Å². The highest BCUT2D eigenvalue weighted by Crippen LogP contribution is 2.39. The highest BCUT2D eigenvalue weighted by Gasteiger charge is 2.23. The number of methoxy groups -OCH3 is 1. The molecule has 122 valence electrons. The average molecular weight is 314 g/mol. The normalized spacial score (nSPS) is 14.0. The average Bonchev–Trinajstić information content (AvgIpc) is 2.92. The summed E-state index contributed by atoms with van der Waals surface area (Å²) < 4.78 is 25.4. The third kappa shape index (κ3) is 2.86. The number of hydrogen-bond donors (Lipinski definition) is 0. The van der Waals surface area contributed by atoms with Crippen molar-refractivity contribution in [3.05, 3.63) is 52.3 Å². The Morgan fingerprint density at radius 2 is 1.65 bits per heavy atom. The fourth-order valence-corrected chi connectivity index (χ4v) is 3.15. The van der Waals surface area contributed by atoms with E-state index in [0.29, 0.717) is 24.5 Å². The minimum atomic E-state index is -0.265. The molecule has 0 saturated heterocycles. The molecule has 0 amide bonds. The smallest absolute Gasteiger partial charge is 0.130 e. The van der Waals surface area contributed by atoms with Crippen LogP contribution < -0.4 is 4.74 Å². The minimum absolute atomic E-state index is 0.222. The van der Waals surface area contributed by atoms with Crippen LogP contribution in [0, 0.1) is 12.7 Å². The van der Waals surface area contributed by atoms with Crippen LogP contribution in [0.25, 0.3) is 11.1 Å². The number of benzene rings is 2. The second kappa shape index (κ2) is 5.64. The van der Waals surface area contributed by atoms with E-state index < -0.39 is 0 Å². The van der Waals surface area contributed by atoms with Gasteiger partial charge in [0.2, 0.25) is 0 Å². The summed E-state index contributed by atoms with van der Waals surface area (Å²) in [6.45, 7) is 9.44. The summed E-state index contributed by atoms with van der Waals surface area (Å²) in [5, 5.41) is 0. The molecule has 0 aliphatic carbocycles. The van der Waals surface area contributed by atoms with E-state index in [-0.39, 0.29) is 11.2 Å². The highest BCUT2D eigenvalue weighted by atomic mass is 19.1. The molecule has 1 heterocycles. The minimum Gasteiger partial charge on any atom is -0.496 e. The van der Waals surface area contributed by atoms with Crippen molar-refractivity contribution in [2.45, 2.75) is 46.3 Å². The summed E-state index contributed by atoms with van der Waals surface area (Å²) in [6, 6.07) is 7.74. The number of aryl methyl sites for hydroxylation is 1. The van der Waals surface area contributed by atoms with Gasteiger partial charge in [-0.15, -0.1) is 0 Å².